The van der Waals surface area contributed by atoms with Crippen LogP contribution in [-0.2, 0) is 19.3 Å². The first-order valence-electron chi connectivity index (χ1n) is 14.5. The molecule has 2 rings (SSSR count). The summed E-state index contributed by atoms with van der Waals surface area (Å²) in [4.78, 5) is 35.8. The molecule has 1 unspecified atom stereocenters. The van der Waals surface area contributed by atoms with E-state index in [0.29, 0.717) is 37.2 Å². The topological polar surface area (TPSA) is 59.1 Å². The molecule has 0 N–H and O–H groups in total. The van der Waals surface area contributed by atoms with Crippen LogP contribution < -0.4 is 0 Å². The van der Waals surface area contributed by atoms with Crippen LogP contribution in [-0.4, -0.2) is 56.6 Å². The van der Waals surface area contributed by atoms with Gasteiger partial charge in [0, 0.05) is 47.8 Å². The summed E-state index contributed by atoms with van der Waals surface area (Å²) in [7, 11) is 0. The van der Waals surface area contributed by atoms with Gasteiger partial charge in [-0.2, -0.15) is 10.1 Å². The number of carbonyl (C=O) groups is 2. The van der Waals surface area contributed by atoms with Crippen LogP contribution in [0.2, 0.25) is 0 Å². The summed E-state index contributed by atoms with van der Waals surface area (Å²) in [5.41, 5.74) is -0.798. The second-order valence-electron chi connectivity index (χ2n) is 13.4. The van der Waals surface area contributed by atoms with E-state index in [-0.39, 0.29) is 28.3 Å². The lowest BCUT2D eigenvalue weighted by molar-refractivity contribution is -0.299. The van der Waals surface area contributed by atoms with Crippen molar-refractivity contribution in [1.29, 1.82) is 0 Å². The van der Waals surface area contributed by atoms with Crippen molar-refractivity contribution < 1.29 is 19.3 Å². The molecule has 2 fully saturated rings. The second kappa shape index (κ2) is 13.8. The van der Waals surface area contributed by atoms with Crippen LogP contribution in [0.5, 0.6) is 0 Å². The molecule has 2 aliphatic heterocycles. The van der Waals surface area contributed by atoms with Crippen molar-refractivity contribution in [2.75, 3.05) is 6.61 Å². The van der Waals surface area contributed by atoms with Gasteiger partial charge in [0.1, 0.15) is 11.6 Å². The Hall–Kier alpha value is -0.820. The number of hydrogen-bond donors (Lipinski definition) is 0. The van der Waals surface area contributed by atoms with Crippen molar-refractivity contribution in [2.24, 2.45) is 0 Å². The summed E-state index contributed by atoms with van der Waals surface area (Å²) in [5, 5.41) is 4.15. The summed E-state index contributed by atoms with van der Waals surface area (Å²) < 4.78 is 0. The van der Waals surface area contributed by atoms with Gasteiger partial charge in [-0.05, 0) is 74.7 Å². The first-order valence-corrected chi connectivity index (χ1v) is 14.5. The Balaban J connectivity index is 0.000000360. The zero-order chi connectivity index (χ0) is 27.8. The van der Waals surface area contributed by atoms with Gasteiger partial charge in [0.05, 0.1) is 12.7 Å². The summed E-state index contributed by atoms with van der Waals surface area (Å²) in [6, 6.07) is 0. The molecule has 2 saturated heterocycles. The van der Waals surface area contributed by atoms with Crippen molar-refractivity contribution in [3.63, 3.8) is 0 Å². The Morgan fingerprint density at radius 3 is 1.50 bits per heavy atom. The first kappa shape index (κ1) is 33.2. The van der Waals surface area contributed by atoms with Gasteiger partial charge in [-0.1, -0.05) is 46.5 Å². The third-order valence-corrected chi connectivity index (χ3v) is 7.26. The molecule has 0 spiro atoms. The van der Waals surface area contributed by atoms with Gasteiger partial charge in [-0.15, -0.1) is 0 Å². The van der Waals surface area contributed by atoms with E-state index in [0.717, 1.165) is 32.3 Å². The van der Waals surface area contributed by atoms with Gasteiger partial charge >= 0.3 is 0 Å². The standard InChI is InChI=1S/2C15H29NO2/c1-7-9-13(8-2)18-16-14(3,4)10-12(17)11-15(16,5)6;1-6-7-8-9-10-18-16-14(2,3)11-13(17)12-15(16,4)5/h13H,7-11H2,1-6H3;6-12H2,1-5H3. The van der Waals surface area contributed by atoms with E-state index in [1.165, 1.54) is 19.3 Å². The highest BCUT2D eigenvalue weighted by Crippen LogP contribution is 2.38. The number of hydrogen-bond acceptors (Lipinski definition) is 6. The molecule has 0 radical (unpaired) electrons. The maximum atomic E-state index is 11.8. The summed E-state index contributed by atoms with van der Waals surface area (Å²) >= 11 is 0. The fourth-order valence-electron chi connectivity index (χ4n) is 6.10. The highest BCUT2D eigenvalue weighted by atomic mass is 16.7. The molecular formula is C30H58N2O4. The van der Waals surface area contributed by atoms with Crippen LogP contribution in [0.1, 0.15) is 147 Å². The Kier molecular flexibility index (Phi) is 12.7. The number of unbranched alkanes of at least 4 members (excludes halogenated alkanes) is 3. The van der Waals surface area contributed by atoms with Gasteiger partial charge in [0.25, 0.3) is 0 Å². The molecule has 0 aromatic heterocycles. The number of hydroxylamine groups is 4. The van der Waals surface area contributed by atoms with E-state index in [2.05, 4.69) is 86.3 Å². The molecule has 212 valence electrons. The molecule has 2 aliphatic rings. The Bertz CT molecular complexity index is 659. The fourth-order valence-corrected chi connectivity index (χ4v) is 6.10. The Morgan fingerprint density at radius 2 is 1.11 bits per heavy atom. The molecule has 0 aromatic rings. The predicted octanol–water partition coefficient (Wildman–Crippen LogP) is 7.44. The molecular weight excluding hydrogens is 452 g/mol. The van der Waals surface area contributed by atoms with Crippen LogP contribution in [0, 0.1) is 0 Å². The number of Topliss-reactive ketones (excluding diaryl/α,β-unsaturated/α-hetero) is 2. The lowest BCUT2D eigenvalue weighted by Gasteiger charge is -2.51. The summed E-state index contributed by atoms with van der Waals surface area (Å²) in [6.07, 6.45) is 10.7. The van der Waals surface area contributed by atoms with Gasteiger partial charge in [-0.3, -0.25) is 19.3 Å². The molecule has 6 heteroatoms. The Morgan fingerprint density at radius 1 is 0.667 bits per heavy atom. The predicted molar refractivity (Wildman–Crippen MR) is 149 cm³/mol. The first-order chi connectivity index (χ1) is 16.5. The van der Waals surface area contributed by atoms with Crippen LogP contribution in [0.4, 0.5) is 0 Å². The fraction of sp³-hybridized carbons (Fsp3) is 0.933. The van der Waals surface area contributed by atoms with Gasteiger partial charge in [0.2, 0.25) is 0 Å². The van der Waals surface area contributed by atoms with E-state index < -0.39 is 0 Å². The highest BCUT2D eigenvalue weighted by molar-refractivity contribution is 5.82. The zero-order valence-electron chi connectivity index (χ0n) is 25.6. The van der Waals surface area contributed by atoms with Crippen LogP contribution in [0.3, 0.4) is 0 Å². The SMILES string of the molecule is CCCC(CC)ON1C(C)(C)CC(=O)CC1(C)C.CCCCCCON1C(C)(C)CC(=O)CC1(C)C. The molecule has 0 amide bonds. The van der Waals surface area contributed by atoms with Crippen molar-refractivity contribution in [2.45, 2.75) is 175 Å². The smallest absolute Gasteiger partial charge is 0.136 e. The quantitative estimate of drug-likeness (QED) is 0.269. The van der Waals surface area contributed by atoms with E-state index in [9.17, 15) is 9.59 Å². The number of nitrogens with zero attached hydrogens (tertiary/aromatic N) is 2. The van der Waals surface area contributed by atoms with Crippen molar-refractivity contribution in [1.82, 2.24) is 10.1 Å². The van der Waals surface area contributed by atoms with Crippen LogP contribution in [0.25, 0.3) is 0 Å². The molecule has 0 aliphatic carbocycles. The number of ketones is 2. The van der Waals surface area contributed by atoms with Gasteiger partial charge in [0.15, 0.2) is 0 Å². The van der Waals surface area contributed by atoms with Gasteiger partial charge in [-0.25, -0.2) is 0 Å². The third kappa shape index (κ3) is 9.81. The number of carbonyl (C=O) groups excluding carboxylic acids is 2. The average molecular weight is 511 g/mol. The van der Waals surface area contributed by atoms with E-state index in [1.54, 1.807) is 0 Å². The van der Waals surface area contributed by atoms with E-state index in [1.807, 2.05) is 0 Å². The Labute approximate surface area is 222 Å². The van der Waals surface area contributed by atoms with Crippen molar-refractivity contribution in [3.8, 4) is 0 Å². The van der Waals surface area contributed by atoms with Crippen molar-refractivity contribution in [3.05, 3.63) is 0 Å². The molecule has 36 heavy (non-hydrogen) atoms. The van der Waals surface area contributed by atoms with Crippen LogP contribution in [0.15, 0.2) is 0 Å². The highest BCUT2D eigenvalue weighted by Gasteiger charge is 2.47. The lowest BCUT2D eigenvalue weighted by Crippen LogP contribution is -2.61. The molecule has 1 atom stereocenters. The monoisotopic (exact) mass is 510 g/mol. The minimum Gasteiger partial charge on any atom is -0.300 e. The molecule has 0 saturated carbocycles. The molecule has 0 aromatic carbocycles. The largest absolute Gasteiger partial charge is 0.300 e. The maximum absolute atomic E-state index is 11.8. The van der Waals surface area contributed by atoms with E-state index >= 15 is 0 Å². The van der Waals surface area contributed by atoms with Gasteiger partial charge < -0.3 is 0 Å². The number of rotatable bonds is 11. The zero-order valence-corrected chi connectivity index (χ0v) is 25.6. The van der Waals surface area contributed by atoms with E-state index in [4.69, 9.17) is 9.68 Å². The minimum absolute atomic E-state index is 0.191. The summed E-state index contributed by atoms with van der Waals surface area (Å²) in [5.74, 6) is 0.684. The molecule has 0 bridgehead atoms. The second-order valence-corrected chi connectivity index (χ2v) is 13.4. The third-order valence-electron chi connectivity index (χ3n) is 7.26. The maximum Gasteiger partial charge on any atom is 0.136 e. The number of piperidine rings is 2. The average Bonchev–Trinajstić information content (AvgIpc) is 2.69. The summed E-state index contributed by atoms with van der Waals surface area (Å²) in [6.45, 7) is 24.1. The van der Waals surface area contributed by atoms with Crippen molar-refractivity contribution >= 4 is 11.6 Å². The minimum atomic E-state index is -0.208. The normalized spacial score (nSPS) is 24.2. The van der Waals surface area contributed by atoms with Crippen LogP contribution >= 0.6 is 0 Å². The molecule has 6 nitrogen and oxygen atoms in total. The molecule has 2 heterocycles. The lowest BCUT2D eigenvalue weighted by atomic mass is 9.81.